The van der Waals surface area contributed by atoms with Gasteiger partial charge in [0.25, 0.3) is 5.91 Å². The first kappa shape index (κ1) is 21.7. The lowest BCUT2D eigenvalue weighted by Crippen LogP contribution is -2.22. The fraction of sp³-hybridized carbons (Fsp3) is 0.0476. The Morgan fingerprint density at radius 2 is 1.81 bits per heavy atom. The zero-order valence-corrected chi connectivity index (χ0v) is 17.4. The lowest BCUT2D eigenvalue weighted by molar-refractivity contribution is 0.0691. The number of aromatic carboxylic acids is 1. The molecule has 162 valence electrons. The van der Waals surface area contributed by atoms with Gasteiger partial charge in [-0.05, 0) is 12.1 Å². The summed E-state index contributed by atoms with van der Waals surface area (Å²) in [5, 5.41) is 14.0. The second kappa shape index (κ2) is 8.56. The average Bonchev–Trinajstić information content (AvgIpc) is 3.22. The minimum atomic E-state index is -1.18. The lowest BCUT2D eigenvalue weighted by atomic mass is 10.0. The Morgan fingerprint density at radius 1 is 1.09 bits per heavy atom. The third-order valence-electron chi connectivity index (χ3n) is 4.52. The molecule has 0 unspecified atom stereocenters. The summed E-state index contributed by atoms with van der Waals surface area (Å²) in [5.74, 6) is -5.08. The molecule has 1 amide bonds. The molecule has 11 heteroatoms. The van der Waals surface area contributed by atoms with E-state index in [1.165, 1.54) is 29.8 Å². The molecule has 0 fully saturated rings. The third-order valence-corrected chi connectivity index (χ3v) is 5.67. The first-order chi connectivity index (χ1) is 15.2. The fourth-order valence-corrected chi connectivity index (χ4v) is 3.99. The maximum Gasteiger partial charge on any atom is 0.355 e. The van der Waals surface area contributed by atoms with Crippen LogP contribution in [0.2, 0.25) is 5.02 Å². The summed E-state index contributed by atoms with van der Waals surface area (Å²) in [4.78, 5) is 31.4. The first-order valence-corrected chi connectivity index (χ1v) is 10.2. The van der Waals surface area contributed by atoms with Crippen LogP contribution >= 0.6 is 22.9 Å². The number of carboxylic acids is 1. The van der Waals surface area contributed by atoms with Crippen molar-refractivity contribution in [1.82, 2.24) is 15.3 Å². The number of pyridine rings is 1. The highest BCUT2D eigenvalue weighted by Crippen LogP contribution is 2.34. The molecule has 4 rings (SSSR count). The van der Waals surface area contributed by atoms with Gasteiger partial charge in [0.2, 0.25) is 0 Å². The number of hydrogen-bond donors (Lipinski definition) is 2. The Kier molecular flexibility index (Phi) is 5.81. The smallest absolute Gasteiger partial charge is 0.355 e. The summed E-state index contributed by atoms with van der Waals surface area (Å²) >= 11 is 7.23. The molecule has 0 saturated carbocycles. The standard InChI is InChI=1S/C21H11ClF3N3O3S/c22-13-6-26-19(18-14(24)4-10(23)5-15(18)25)12-3-9(1-2-11(12)13)20(29)27-7-17-28-16(8-32-17)21(30)31/h1-6,8H,7H2,(H,27,29)(H,30,31). The van der Waals surface area contributed by atoms with Gasteiger partial charge in [-0.3, -0.25) is 9.78 Å². The maximum atomic E-state index is 14.4. The second-order valence-electron chi connectivity index (χ2n) is 6.57. The van der Waals surface area contributed by atoms with E-state index < -0.39 is 34.9 Å². The molecule has 2 aromatic heterocycles. The molecule has 0 radical (unpaired) electrons. The number of carbonyl (C=O) groups excluding carboxylic acids is 1. The van der Waals surface area contributed by atoms with Crippen LogP contribution < -0.4 is 5.32 Å². The van der Waals surface area contributed by atoms with Gasteiger partial charge >= 0.3 is 5.97 Å². The molecule has 0 aliphatic rings. The zero-order chi connectivity index (χ0) is 23.0. The number of thiazole rings is 1. The van der Waals surface area contributed by atoms with Gasteiger partial charge in [0.05, 0.1) is 22.8 Å². The Labute approximate surface area is 187 Å². The molecule has 2 heterocycles. The van der Waals surface area contributed by atoms with Crippen molar-refractivity contribution >= 4 is 45.6 Å². The predicted molar refractivity (Wildman–Crippen MR) is 112 cm³/mol. The van der Waals surface area contributed by atoms with Gasteiger partial charge in [-0.15, -0.1) is 11.3 Å². The monoisotopic (exact) mass is 477 g/mol. The summed E-state index contributed by atoms with van der Waals surface area (Å²) < 4.78 is 42.1. The van der Waals surface area contributed by atoms with Crippen molar-refractivity contribution in [3.8, 4) is 11.3 Å². The third kappa shape index (κ3) is 4.14. The van der Waals surface area contributed by atoms with E-state index in [0.29, 0.717) is 22.5 Å². The minimum absolute atomic E-state index is 0.0172. The van der Waals surface area contributed by atoms with E-state index in [1.54, 1.807) is 0 Å². The van der Waals surface area contributed by atoms with Crippen LogP contribution in [-0.2, 0) is 6.54 Å². The molecule has 0 spiro atoms. The van der Waals surface area contributed by atoms with Crippen LogP contribution in [0.4, 0.5) is 13.2 Å². The van der Waals surface area contributed by atoms with E-state index in [9.17, 15) is 22.8 Å². The number of carboxylic acid groups (broad SMARTS) is 1. The minimum Gasteiger partial charge on any atom is -0.476 e. The number of benzene rings is 2. The van der Waals surface area contributed by atoms with Crippen molar-refractivity contribution in [1.29, 1.82) is 0 Å². The molecule has 6 nitrogen and oxygen atoms in total. The predicted octanol–water partition coefficient (Wildman–Crippen LogP) is 5.06. The average molecular weight is 478 g/mol. The maximum absolute atomic E-state index is 14.4. The number of aromatic nitrogens is 2. The fourth-order valence-electron chi connectivity index (χ4n) is 3.07. The molecule has 0 aliphatic carbocycles. The second-order valence-corrected chi connectivity index (χ2v) is 7.92. The molecule has 2 aromatic carbocycles. The summed E-state index contributed by atoms with van der Waals surface area (Å²) in [7, 11) is 0. The van der Waals surface area contributed by atoms with Gasteiger partial charge in [-0.2, -0.15) is 0 Å². The van der Waals surface area contributed by atoms with Crippen LogP contribution in [0, 0.1) is 17.5 Å². The molecule has 0 atom stereocenters. The Morgan fingerprint density at radius 3 is 2.47 bits per heavy atom. The summed E-state index contributed by atoms with van der Waals surface area (Å²) in [6.45, 7) is -0.0172. The van der Waals surface area contributed by atoms with Crippen molar-refractivity contribution in [2.24, 2.45) is 0 Å². The summed E-state index contributed by atoms with van der Waals surface area (Å²) in [6.07, 6.45) is 1.21. The number of rotatable bonds is 5. The van der Waals surface area contributed by atoms with Gasteiger partial charge in [0, 0.05) is 40.0 Å². The van der Waals surface area contributed by atoms with E-state index in [-0.39, 0.29) is 33.9 Å². The SMILES string of the molecule is O=C(NCc1nc(C(=O)O)cs1)c1ccc2c(Cl)cnc(-c3c(F)cc(F)cc3F)c2c1. The van der Waals surface area contributed by atoms with Crippen LogP contribution in [0.3, 0.4) is 0 Å². The Bertz CT molecular complexity index is 1370. The highest BCUT2D eigenvalue weighted by molar-refractivity contribution is 7.09. The van der Waals surface area contributed by atoms with Crippen molar-refractivity contribution < 1.29 is 27.9 Å². The molecular formula is C21H11ClF3N3O3S. The van der Waals surface area contributed by atoms with E-state index in [2.05, 4.69) is 15.3 Å². The number of halogens is 4. The van der Waals surface area contributed by atoms with Crippen molar-refractivity contribution in [3.05, 3.63) is 80.6 Å². The molecule has 32 heavy (non-hydrogen) atoms. The Hall–Kier alpha value is -3.50. The molecular weight excluding hydrogens is 467 g/mol. The van der Waals surface area contributed by atoms with Gasteiger partial charge in [0.15, 0.2) is 5.69 Å². The number of carbonyl (C=O) groups is 2. The molecule has 0 aliphatic heterocycles. The van der Waals surface area contributed by atoms with E-state index in [0.717, 1.165) is 11.3 Å². The molecule has 0 saturated heterocycles. The van der Waals surface area contributed by atoms with Crippen LogP contribution in [0.5, 0.6) is 0 Å². The number of nitrogens with one attached hydrogen (secondary N) is 1. The van der Waals surface area contributed by atoms with Crippen LogP contribution in [0.15, 0.2) is 41.9 Å². The molecule has 4 aromatic rings. The largest absolute Gasteiger partial charge is 0.476 e. The first-order valence-electron chi connectivity index (χ1n) is 8.93. The quantitative estimate of drug-likeness (QED) is 0.419. The molecule has 0 bridgehead atoms. The van der Waals surface area contributed by atoms with Gasteiger partial charge < -0.3 is 10.4 Å². The summed E-state index contributed by atoms with van der Waals surface area (Å²) in [6, 6.07) is 5.41. The van der Waals surface area contributed by atoms with Crippen LogP contribution in [-0.4, -0.2) is 27.0 Å². The number of fused-ring (bicyclic) bond motifs is 1. The normalized spacial score (nSPS) is 11.0. The summed E-state index contributed by atoms with van der Waals surface area (Å²) in [5.41, 5.74) is -0.672. The van der Waals surface area contributed by atoms with Gasteiger partial charge in [-0.25, -0.2) is 22.9 Å². The number of amides is 1. The highest BCUT2D eigenvalue weighted by atomic mass is 35.5. The van der Waals surface area contributed by atoms with Crippen LogP contribution in [0.25, 0.3) is 22.0 Å². The lowest BCUT2D eigenvalue weighted by Gasteiger charge is -2.11. The highest BCUT2D eigenvalue weighted by Gasteiger charge is 2.20. The number of nitrogens with zero attached hydrogens (tertiary/aromatic N) is 2. The van der Waals surface area contributed by atoms with Gasteiger partial charge in [-0.1, -0.05) is 17.7 Å². The van der Waals surface area contributed by atoms with E-state index >= 15 is 0 Å². The zero-order valence-electron chi connectivity index (χ0n) is 15.8. The van der Waals surface area contributed by atoms with Crippen molar-refractivity contribution in [2.45, 2.75) is 6.54 Å². The molecule has 2 N–H and O–H groups in total. The number of hydrogen-bond acceptors (Lipinski definition) is 5. The van der Waals surface area contributed by atoms with E-state index in [4.69, 9.17) is 16.7 Å². The van der Waals surface area contributed by atoms with Gasteiger partial charge in [0.1, 0.15) is 22.5 Å². The van der Waals surface area contributed by atoms with Crippen molar-refractivity contribution in [3.63, 3.8) is 0 Å². The van der Waals surface area contributed by atoms with Crippen molar-refractivity contribution in [2.75, 3.05) is 0 Å². The Balaban J connectivity index is 1.70. The van der Waals surface area contributed by atoms with E-state index in [1.807, 2.05) is 0 Å². The van der Waals surface area contributed by atoms with Crippen LogP contribution in [0.1, 0.15) is 25.9 Å². The topological polar surface area (TPSA) is 92.2 Å².